The minimum atomic E-state index is -4.50. The van der Waals surface area contributed by atoms with Gasteiger partial charge in [-0.1, -0.05) is 0 Å². The zero-order chi connectivity index (χ0) is 6.62. The lowest BCUT2D eigenvalue weighted by Crippen LogP contribution is -1.93. The molecule has 46 valence electrons. The molecule has 0 aromatic heterocycles. The van der Waals surface area contributed by atoms with E-state index in [1.165, 1.54) is 0 Å². The van der Waals surface area contributed by atoms with E-state index in [1.807, 2.05) is 0 Å². The van der Waals surface area contributed by atoms with Gasteiger partial charge in [0.25, 0.3) is 0 Å². The number of hydrogen-bond donors (Lipinski definition) is 0. The van der Waals surface area contributed by atoms with Gasteiger partial charge >= 0.3 is 10.2 Å². The maximum atomic E-state index is 11.3. The molecule has 0 spiro atoms. The van der Waals surface area contributed by atoms with Gasteiger partial charge in [0, 0.05) is 6.08 Å². The van der Waals surface area contributed by atoms with E-state index in [4.69, 9.17) is 0 Å². The van der Waals surface area contributed by atoms with Crippen LogP contribution in [-0.2, 0) is 15.0 Å². The molecule has 0 bridgehead atoms. The third kappa shape index (κ3) is 5.33. The summed E-state index contributed by atoms with van der Waals surface area (Å²) in [5, 5.41) is 0. The summed E-state index contributed by atoms with van der Waals surface area (Å²) in [6, 6.07) is 0. The Morgan fingerprint density at radius 1 is 1.62 bits per heavy atom. The van der Waals surface area contributed by atoms with Crippen LogP contribution < -0.4 is 0 Å². The van der Waals surface area contributed by atoms with Crippen LogP contribution in [-0.4, -0.2) is 20.1 Å². The van der Waals surface area contributed by atoms with Gasteiger partial charge in [0.1, 0.15) is 11.7 Å². The van der Waals surface area contributed by atoms with Crippen molar-refractivity contribution in [2.24, 2.45) is 0 Å². The quantitative estimate of drug-likeness (QED) is 0.388. The van der Waals surface area contributed by atoms with Gasteiger partial charge in [-0.3, -0.25) is 0 Å². The normalized spacial score (nSPS) is 10.1. The fraction of sp³-hybridized carbons (Fsp3) is 0.333. The molecule has 0 heterocycles. The van der Waals surface area contributed by atoms with Gasteiger partial charge in [-0.05, 0) is 0 Å². The molecular formula is C3H3FO3S. The fourth-order valence-electron chi connectivity index (χ4n) is 0.134. The molecule has 0 aliphatic heterocycles. The fourth-order valence-corrected chi connectivity index (χ4v) is 0.401. The average molecular weight is 138 g/mol. The van der Waals surface area contributed by atoms with E-state index in [9.17, 15) is 17.1 Å². The summed E-state index contributed by atoms with van der Waals surface area (Å²) in [5.41, 5.74) is 0. The molecule has 3 nitrogen and oxygen atoms in total. The third-order valence-electron chi connectivity index (χ3n) is 0.366. The van der Waals surface area contributed by atoms with Crippen LogP contribution in [0.2, 0.25) is 0 Å². The maximum Gasteiger partial charge on any atom is 0.306 e. The van der Waals surface area contributed by atoms with Crippen molar-refractivity contribution >= 4 is 16.2 Å². The smallest absolute Gasteiger partial charge is 0.234 e. The predicted octanol–water partition coefficient (Wildman–Crippen LogP) is -0.326. The van der Waals surface area contributed by atoms with E-state index in [2.05, 4.69) is 0 Å². The number of carbonyl (C=O) groups excluding carboxylic acids is 1. The van der Waals surface area contributed by atoms with E-state index in [-0.39, 0.29) is 0 Å². The van der Waals surface area contributed by atoms with Crippen LogP contribution in [0.5, 0.6) is 0 Å². The van der Waals surface area contributed by atoms with E-state index >= 15 is 0 Å². The summed E-state index contributed by atoms with van der Waals surface area (Å²) < 4.78 is 30.4. The maximum absolute atomic E-state index is 11.3. The molecule has 0 radical (unpaired) electrons. The van der Waals surface area contributed by atoms with Crippen LogP contribution in [0, 0.1) is 0 Å². The van der Waals surface area contributed by atoms with Crippen molar-refractivity contribution in [2.75, 3.05) is 5.75 Å². The third-order valence-corrected chi connectivity index (χ3v) is 0.931. The highest BCUT2D eigenvalue weighted by Crippen LogP contribution is 1.87. The number of hydrogen-bond acceptors (Lipinski definition) is 3. The number of halogens is 1. The highest BCUT2D eigenvalue weighted by molar-refractivity contribution is 7.86. The Labute approximate surface area is 46.0 Å². The molecular weight excluding hydrogens is 135 g/mol. The Hall–Kier alpha value is -0.670. The van der Waals surface area contributed by atoms with Crippen molar-refractivity contribution in [3.63, 3.8) is 0 Å². The predicted molar refractivity (Wildman–Crippen MR) is 25.2 cm³/mol. The zero-order valence-electron chi connectivity index (χ0n) is 3.80. The van der Waals surface area contributed by atoms with Gasteiger partial charge in [0.2, 0.25) is 0 Å². The standard InChI is InChI=1S/C3H3FO3S/c4-8(6,7)3-1-2-5/h1H,3H2. The van der Waals surface area contributed by atoms with E-state index in [0.29, 0.717) is 6.08 Å². The van der Waals surface area contributed by atoms with Gasteiger partial charge in [0.05, 0.1) is 0 Å². The molecule has 0 aliphatic rings. The van der Waals surface area contributed by atoms with Gasteiger partial charge in [-0.2, -0.15) is 8.42 Å². The first kappa shape index (κ1) is 7.33. The number of rotatable bonds is 2. The molecule has 0 saturated carbocycles. The molecule has 0 amide bonds. The largest absolute Gasteiger partial charge is 0.306 e. The van der Waals surface area contributed by atoms with Crippen LogP contribution in [0.3, 0.4) is 0 Å². The van der Waals surface area contributed by atoms with Crippen molar-refractivity contribution in [2.45, 2.75) is 0 Å². The van der Waals surface area contributed by atoms with Crippen molar-refractivity contribution in [3.8, 4) is 0 Å². The molecule has 0 N–H and O–H groups in total. The summed E-state index contributed by atoms with van der Waals surface area (Å²) in [6.07, 6.45) is 0.565. The Morgan fingerprint density at radius 3 is 2.25 bits per heavy atom. The lowest BCUT2D eigenvalue weighted by Gasteiger charge is -1.77. The van der Waals surface area contributed by atoms with Gasteiger partial charge in [-0.25, -0.2) is 4.79 Å². The highest BCUT2D eigenvalue weighted by Gasteiger charge is 2.01. The van der Waals surface area contributed by atoms with Gasteiger partial charge < -0.3 is 0 Å². The van der Waals surface area contributed by atoms with E-state index < -0.39 is 16.0 Å². The Kier molecular flexibility index (Phi) is 2.37. The Morgan fingerprint density at radius 2 is 2.12 bits per heavy atom. The lowest BCUT2D eigenvalue weighted by molar-refractivity contribution is 0.554. The van der Waals surface area contributed by atoms with Gasteiger partial charge in [-0.15, -0.1) is 3.89 Å². The summed E-state index contributed by atoms with van der Waals surface area (Å²) in [5.74, 6) is 0.252. The second-order valence-corrected chi connectivity index (χ2v) is 2.44. The molecule has 0 aromatic carbocycles. The van der Waals surface area contributed by atoms with Crippen molar-refractivity contribution in [1.82, 2.24) is 0 Å². The Bertz CT molecular complexity index is 199. The molecule has 8 heavy (non-hydrogen) atoms. The summed E-state index contributed by atoms with van der Waals surface area (Å²) in [7, 11) is -4.50. The molecule has 0 saturated heterocycles. The second-order valence-electron chi connectivity index (χ2n) is 1.03. The average Bonchev–Trinajstić information content (AvgIpc) is 1.59. The SMILES string of the molecule is O=C=CCS(=O)(=O)F. The van der Waals surface area contributed by atoms with Crippen LogP contribution in [0.15, 0.2) is 6.08 Å². The van der Waals surface area contributed by atoms with Crippen LogP contribution in [0.25, 0.3) is 0 Å². The summed E-state index contributed by atoms with van der Waals surface area (Å²) in [4.78, 5) is 9.24. The van der Waals surface area contributed by atoms with Crippen molar-refractivity contribution in [1.29, 1.82) is 0 Å². The minimum Gasteiger partial charge on any atom is -0.234 e. The Balaban J connectivity index is 3.94. The van der Waals surface area contributed by atoms with Crippen LogP contribution in [0.1, 0.15) is 0 Å². The van der Waals surface area contributed by atoms with E-state index in [1.54, 1.807) is 0 Å². The first-order valence-corrected chi connectivity index (χ1v) is 3.23. The first-order valence-electron chi connectivity index (χ1n) is 1.68. The van der Waals surface area contributed by atoms with E-state index in [0.717, 1.165) is 5.94 Å². The zero-order valence-corrected chi connectivity index (χ0v) is 4.61. The monoisotopic (exact) mass is 138 g/mol. The second kappa shape index (κ2) is 2.59. The highest BCUT2D eigenvalue weighted by atomic mass is 32.3. The van der Waals surface area contributed by atoms with Crippen LogP contribution in [0.4, 0.5) is 3.89 Å². The molecule has 0 aromatic rings. The van der Waals surface area contributed by atoms with Gasteiger partial charge in [0.15, 0.2) is 0 Å². The molecule has 0 fully saturated rings. The lowest BCUT2D eigenvalue weighted by atomic mass is 10.8. The first-order chi connectivity index (χ1) is 3.56. The summed E-state index contributed by atoms with van der Waals surface area (Å²) >= 11 is 0. The molecule has 0 unspecified atom stereocenters. The molecule has 5 heteroatoms. The van der Waals surface area contributed by atoms with Crippen LogP contribution >= 0.6 is 0 Å². The molecule has 0 aliphatic carbocycles. The van der Waals surface area contributed by atoms with Crippen molar-refractivity contribution in [3.05, 3.63) is 6.08 Å². The minimum absolute atomic E-state index is 0.565. The molecule has 0 rings (SSSR count). The molecule has 0 atom stereocenters. The van der Waals surface area contributed by atoms with Crippen molar-refractivity contribution < 1.29 is 17.1 Å². The topological polar surface area (TPSA) is 51.2 Å². The summed E-state index contributed by atoms with van der Waals surface area (Å²) in [6.45, 7) is 0.